The predicted molar refractivity (Wildman–Crippen MR) is 150 cm³/mol. The number of carbonyl (C=O) groups excluding carboxylic acids is 1. The molecular formula is C25H36ClN7O6P+. The highest BCUT2D eigenvalue weighted by Crippen LogP contribution is 2.43. The van der Waals surface area contributed by atoms with Crippen LogP contribution in [0.2, 0.25) is 5.15 Å². The van der Waals surface area contributed by atoms with E-state index < -0.39 is 13.5 Å². The van der Waals surface area contributed by atoms with Crippen LogP contribution in [0.4, 0.5) is 11.6 Å². The van der Waals surface area contributed by atoms with Gasteiger partial charge < -0.3 is 35.7 Å². The van der Waals surface area contributed by atoms with Crippen LogP contribution in [0.25, 0.3) is 11.0 Å². The molecule has 1 aromatic carbocycles. The quantitative estimate of drug-likeness (QED) is 0.130. The normalized spacial score (nSPS) is 16.8. The zero-order valence-electron chi connectivity index (χ0n) is 22.6. The summed E-state index contributed by atoms with van der Waals surface area (Å²) < 4.78 is 33.1. The van der Waals surface area contributed by atoms with Crippen LogP contribution in [0.1, 0.15) is 49.4 Å². The first kappa shape index (κ1) is 30.0. The van der Waals surface area contributed by atoms with Gasteiger partial charge in [-0.2, -0.15) is 0 Å². The molecule has 3 heterocycles. The molecule has 40 heavy (non-hydrogen) atoms. The van der Waals surface area contributed by atoms with E-state index in [1.807, 2.05) is 32.0 Å². The SMILES string of the molecule is CCn1c(CNC(=O)c2nc(Cl)c(N)nc2N)[n+](CC)c2ccc(OCCCP(=O)(O)OC[C@H]3CCCO3)cc21. The van der Waals surface area contributed by atoms with Crippen LogP contribution in [-0.4, -0.2) is 57.4 Å². The number of nitrogens with one attached hydrogen (secondary N) is 1. The van der Waals surface area contributed by atoms with Crippen LogP contribution in [0.3, 0.4) is 0 Å². The zero-order chi connectivity index (χ0) is 28.9. The summed E-state index contributed by atoms with van der Waals surface area (Å²) in [6.07, 6.45) is 2.05. The van der Waals surface area contributed by atoms with Crippen molar-refractivity contribution in [2.24, 2.45) is 0 Å². The van der Waals surface area contributed by atoms with Crippen molar-refractivity contribution in [3.63, 3.8) is 0 Å². The number of hydrogen-bond donors (Lipinski definition) is 4. The number of nitrogen functional groups attached to an aromatic ring is 2. The Morgan fingerprint density at radius 2 is 2.12 bits per heavy atom. The summed E-state index contributed by atoms with van der Waals surface area (Å²) in [5.41, 5.74) is 13.2. The lowest BCUT2D eigenvalue weighted by Gasteiger charge is -2.15. The number of aryl methyl sites for hydroxylation is 2. The Morgan fingerprint density at radius 3 is 2.83 bits per heavy atom. The lowest BCUT2D eigenvalue weighted by molar-refractivity contribution is -0.676. The number of carbonyl (C=O) groups is 1. The molecule has 218 valence electrons. The molecule has 0 bridgehead atoms. The molecule has 1 aliphatic heterocycles. The maximum absolute atomic E-state index is 12.8. The smallest absolute Gasteiger partial charge is 0.328 e. The molecule has 6 N–H and O–H groups in total. The van der Waals surface area contributed by atoms with E-state index >= 15 is 0 Å². The monoisotopic (exact) mass is 596 g/mol. The van der Waals surface area contributed by atoms with Crippen molar-refractivity contribution in [3.8, 4) is 5.75 Å². The molecule has 0 spiro atoms. The largest absolute Gasteiger partial charge is 0.493 e. The highest BCUT2D eigenvalue weighted by Gasteiger charge is 2.26. The topological polar surface area (TPSA) is 181 Å². The van der Waals surface area contributed by atoms with Crippen LogP contribution in [-0.2, 0) is 33.5 Å². The number of nitrogens with zero attached hydrogens (tertiary/aromatic N) is 4. The number of anilines is 2. The second kappa shape index (κ2) is 13.1. The van der Waals surface area contributed by atoms with Crippen molar-refractivity contribution in [2.75, 3.05) is 37.4 Å². The number of amides is 1. The van der Waals surface area contributed by atoms with E-state index in [1.165, 1.54) is 0 Å². The van der Waals surface area contributed by atoms with Gasteiger partial charge in [-0.1, -0.05) is 11.6 Å². The van der Waals surface area contributed by atoms with Gasteiger partial charge in [0.15, 0.2) is 33.5 Å². The van der Waals surface area contributed by atoms with Crippen LogP contribution in [0.5, 0.6) is 5.75 Å². The van der Waals surface area contributed by atoms with E-state index in [0.717, 1.165) is 29.7 Å². The third-order valence-corrected chi connectivity index (χ3v) is 8.36. The number of rotatable bonds is 13. The van der Waals surface area contributed by atoms with Crippen LogP contribution in [0.15, 0.2) is 18.2 Å². The molecule has 1 amide bonds. The van der Waals surface area contributed by atoms with Crippen molar-refractivity contribution < 1.29 is 32.8 Å². The van der Waals surface area contributed by atoms with Crippen LogP contribution >= 0.6 is 19.2 Å². The standard InChI is InChI=1S/C25H35ClN7O6P/c1-3-32-18-9-8-16(37-11-6-12-40(35,36)39-15-17-7-5-10-38-17)13-19(18)33(4-2)20(32)14-29-25(34)21-23(27)31-24(28)22(26)30-21/h8-9,13,17H,3-7,10-12,14-15H2,1-2H3,(H5-,27,28,29,31,34,35,36)/p+1/t17-/m1/s1. The number of imidazole rings is 1. The third-order valence-electron chi connectivity index (χ3n) is 6.65. The van der Waals surface area contributed by atoms with E-state index in [-0.39, 0.29) is 54.5 Å². The fourth-order valence-corrected chi connectivity index (χ4v) is 5.89. The molecule has 0 saturated carbocycles. The number of fused-ring (bicyclic) bond motifs is 1. The molecule has 2 aromatic heterocycles. The van der Waals surface area contributed by atoms with E-state index in [1.54, 1.807) is 0 Å². The summed E-state index contributed by atoms with van der Waals surface area (Å²) in [4.78, 5) is 30.7. The maximum atomic E-state index is 12.8. The van der Waals surface area contributed by atoms with Gasteiger partial charge in [0.2, 0.25) is 0 Å². The Morgan fingerprint density at radius 1 is 1.32 bits per heavy atom. The molecule has 1 saturated heterocycles. The molecular weight excluding hydrogens is 561 g/mol. The summed E-state index contributed by atoms with van der Waals surface area (Å²) in [5, 5.41) is 2.76. The van der Waals surface area contributed by atoms with Crippen molar-refractivity contribution in [1.82, 2.24) is 19.9 Å². The van der Waals surface area contributed by atoms with Gasteiger partial charge >= 0.3 is 7.60 Å². The van der Waals surface area contributed by atoms with Gasteiger partial charge in [0, 0.05) is 12.7 Å². The highest BCUT2D eigenvalue weighted by molar-refractivity contribution is 7.52. The Hall–Kier alpha value is -2.96. The number of ether oxygens (including phenoxy) is 2. The lowest BCUT2D eigenvalue weighted by Crippen LogP contribution is -2.40. The van der Waals surface area contributed by atoms with E-state index in [4.69, 9.17) is 37.1 Å². The Bertz CT molecular complexity index is 1410. The lowest BCUT2D eigenvalue weighted by atomic mass is 10.2. The minimum atomic E-state index is -3.70. The first-order valence-corrected chi connectivity index (χ1v) is 15.4. The number of benzene rings is 1. The van der Waals surface area contributed by atoms with Gasteiger partial charge in [0.1, 0.15) is 12.3 Å². The van der Waals surface area contributed by atoms with Crippen molar-refractivity contribution in [3.05, 3.63) is 34.9 Å². The van der Waals surface area contributed by atoms with E-state index in [2.05, 4.69) is 24.4 Å². The third kappa shape index (κ3) is 7.02. The second-order valence-corrected chi connectivity index (χ2v) is 11.7. The fourth-order valence-electron chi connectivity index (χ4n) is 4.70. The number of nitrogens with two attached hydrogens (primary N) is 2. The summed E-state index contributed by atoms with van der Waals surface area (Å²) in [6, 6.07) is 5.73. The maximum Gasteiger partial charge on any atom is 0.328 e. The zero-order valence-corrected chi connectivity index (χ0v) is 24.3. The molecule has 0 aliphatic carbocycles. The first-order chi connectivity index (χ1) is 19.1. The van der Waals surface area contributed by atoms with Gasteiger partial charge in [0.05, 0.1) is 38.6 Å². The first-order valence-electron chi connectivity index (χ1n) is 13.3. The molecule has 1 fully saturated rings. The van der Waals surface area contributed by atoms with Crippen molar-refractivity contribution >= 4 is 47.8 Å². The average molecular weight is 597 g/mol. The van der Waals surface area contributed by atoms with Gasteiger partial charge in [-0.05, 0) is 45.2 Å². The van der Waals surface area contributed by atoms with Crippen molar-refractivity contribution in [2.45, 2.75) is 58.8 Å². The Balaban J connectivity index is 1.41. The van der Waals surface area contributed by atoms with Gasteiger partial charge in [-0.3, -0.25) is 9.36 Å². The van der Waals surface area contributed by atoms with Crippen LogP contribution < -0.4 is 26.1 Å². The summed E-state index contributed by atoms with van der Waals surface area (Å²) >= 11 is 5.93. The molecule has 1 aliphatic rings. The van der Waals surface area contributed by atoms with Crippen LogP contribution in [0, 0.1) is 0 Å². The molecule has 0 radical (unpaired) electrons. The highest BCUT2D eigenvalue weighted by atomic mass is 35.5. The van der Waals surface area contributed by atoms with Crippen molar-refractivity contribution in [1.29, 1.82) is 0 Å². The Kier molecular flexibility index (Phi) is 9.85. The molecule has 13 nitrogen and oxygen atoms in total. The van der Waals surface area contributed by atoms with E-state index in [0.29, 0.717) is 31.9 Å². The Labute approximate surface area is 237 Å². The number of halogens is 1. The number of hydrogen-bond acceptors (Lipinski definition) is 9. The van der Waals surface area contributed by atoms with Gasteiger partial charge in [-0.25, -0.2) is 19.1 Å². The van der Waals surface area contributed by atoms with Gasteiger partial charge in [-0.15, -0.1) is 0 Å². The minimum Gasteiger partial charge on any atom is -0.493 e. The average Bonchev–Trinajstić information content (AvgIpc) is 3.56. The molecule has 3 aromatic rings. The summed E-state index contributed by atoms with van der Waals surface area (Å²) in [6.45, 7) is 6.60. The molecule has 1 unspecified atom stereocenters. The minimum absolute atomic E-state index is 0.00108. The molecule has 2 atom stereocenters. The predicted octanol–water partition coefficient (Wildman–Crippen LogP) is 2.66. The second-order valence-electron chi connectivity index (χ2n) is 9.37. The number of aromatic nitrogens is 4. The summed E-state index contributed by atoms with van der Waals surface area (Å²) in [7, 11) is -3.70. The van der Waals surface area contributed by atoms with E-state index in [9.17, 15) is 14.3 Å². The fraction of sp³-hybridized carbons (Fsp3) is 0.520. The van der Waals surface area contributed by atoms with Gasteiger partial charge in [0.25, 0.3) is 11.7 Å². The molecule has 4 rings (SSSR count). The molecule has 15 heteroatoms. The summed E-state index contributed by atoms with van der Waals surface area (Å²) in [5.74, 6) is 0.825.